The van der Waals surface area contributed by atoms with Gasteiger partial charge in [0.05, 0.1) is 6.20 Å². The summed E-state index contributed by atoms with van der Waals surface area (Å²) >= 11 is 1.75. The zero-order chi connectivity index (χ0) is 15.4. The van der Waals surface area contributed by atoms with E-state index in [9.17, 15) is 4.79 Å². The van der Waals surface area contributed by atoms with E-state index in [1.807, 2.05) is 30.2 Å². The van der Waals surface area contributed by atoms with Gasteiger partial charge in [-0.05, 0) is 41.7 Å². The van der Waals surface area contributed by atoms with Gasteiger partial charge in [0.15, 0.2) is 0 Å². The lowest BCUT2D eigenvalue weighted by Crippen LogP contribution is -2.31. The smallest absolute Gasteiger partial charge is 0.237 e. The molecular formula is C17H21N3OS. The second-order valence-electron chi connectivity index (χ2n) is 5.62. The van der Waals surface area contributed by atoms with Gasteiger partial charge in [0.2, 0.25) is 5.91 Å². The molecule has 1 atom stereocenters. The fraction of sp³-hybridized carbons (Fsp3) is 0.412. The molecule has 1 unspecified atom stereocenters. The molecule has 5 heteroatoms. The average Bonchev–Trinajstić information content (AvgIpc) is 2.96. The number of aryl methyl sites for hydroxylation is 3. The van der Waals surface area contributed by atoms with Crippen LogP contribution in [0.2, 0.25) is 0 Å². The van der Waals surface area contributed by atoms with Crippen LogP contribution in [0.15, 0.2) is 36.7 Å². The van der Waals surface area contributed by atoms with Crippen LogP contribution >= 0.6 is 11.8 Å². The Morgan fingerprint density at radius 3 is 3.14 bits per heavy atom. The van der Waals surface area contributed by atoms with Gasteiger partial charge in [-0.25, -0.2) is 0 Å². The minimum absolute atomic E-state index is 0.0525. The monoisotopic (exact) mass is 315 g/mol. The number of nitrogens with zero attached hydrogens (tertiary/aromatic N) is 2. The highest BCUT2D eigenvalue weighted by Crippen LogP contribution is 2.36. The zero-order valence-corrected chi connectivity index (χ0v) is 13.6. The van der Waals surface area contributed by atoms with Gasteiger partial charge in [0, 0.05) is 19.8 Å². The number of hydrogen-bond donors (Lipinski definition) is 1. The highest BCUT2D eigenvalue weighted by Gasteiger charge is 2.26. The molecule has 0 fully saturated rings. The Balaban J connectivity index is 1.50. The Bertz CT molecular complexity index is 653. The number of carbonyl (C=O) groups excluding carboxylic acids is 1. The van der Waals surface area contributed by atoms with Crippen molar-refractivity contribution >= 4 is 17.7 Å². The van der Waals surface area contributed by atoms with Crippen molar-refractivity contribution in [2.24, 2.45) is 7.05 Å². The quantitative estimate of drug-likeness (QED) is 0.862. The lowest BCUT2D eigenvalue weighted by Gasteiger charge is -2.24. The van der Waals surface area contributed by atoms with Crippen LogP contribution in [-0.4, -0.2) is 28.0 Å². The summed E-state index contributed by atoms with van der Waals surface area (Å²) in [7, 11) is 1.92. The molecule has 2 heterocycles. The van der Waals surface area contributed by atoms with Crippen LogP contribution < -0.4 is 5.32 Å². The van der Waals surface area contributed by atoms with Gasteiger partial charge in [0.1, 0.15) is 5.25 Å². The van der Waals surface area contributed by atoms with E-state index >= 15 is 0 Å². The number of amides is 1. The first-order chi connectivity index (χ1) is 10.7. The predicted molar refractivity (Wildman–Crippen MR) is 89.9 cm³/mol. The summed E-state index contributed by atoms with van der Waals surface area (Å²) in [4.78, 5) is 12.4. The van der Waals surface area contributed by atoms with Gasteiger partial charge in [-0.2, -0.15) is 5.10 Å². The molecule has 4 nitrogen and oxygen atoms in total. The first-order valence-electron chi connectivity index (χ1n) is 7.68. The van der Waals surface area contributed by atoms with Gasteiger partial charge >= 0.3 is 0 Å². The molecular weight excluding hydrogens is 294 g/mol. The van der Waals surface area contributed by atoms with Crippen LogP contribution in [0.1, 0.15) is 28.4 Å². The van der Waals surface area contributed by atoms with Crippen molar-refractivity contribution in [2.45, 2.75) is 24.5 Å². The lowest BCUT2D eigenvalue weighted by molar-refractivity contribution is -0.120. The number of nitrogens with one attached hydrogen (secondary N) is 1. The zero-order valence-electron chi connectivity index (χ0n) is 12.8. The molecule has 3 rings (SSSR count). The molecule has 2 aromatic rings. The number of carbonyl (C=O) groups is 1. The molecule has 0 saturated heterocycles. The van der Waals surface area contributed by atoms with Gasteiger partial charge in [0.25, 0.3) is 0 Å². The van der Waals surface area contributed by atoms with E-state index in [2.05, 4.69) is 28.6 Å². The van der Waals surface area contributed by atoms with Crippen LogP contribution in [0.25, 0.3) is 0 Å². The highest BCUT2D eigenvalue weighted by atomic mass is 32.2. The Kier molecular flexibility index (Phi) is 4.83. The number of thioether (sulfide) groups is 1. The maximum Gasteiger partial charge on any atom is 0.237 e. The van der Waals surface area contributed by atoms with E-state index in [4.69, 9.17) is 0 Å². The molecule has 1 aliphatic heterocycles. The molecule has 1 aliphatic rings. The summed E-state index contributed by atoms with van der Waals surface area (Å²) in [6, 6.07) is 8.30. The summed E-state index contributed by atoms with van der Waals surface area (Å²) in [5.74, 6) is 1.16. The average molecular weight is 315 g/mol. The molecule has 1 aromatic carbocycles. The number of fused-ring (bicyclic) bond motifs is 1. The van der Waals surface area contributed by atoms with Crippen LogP contribution in [-0.2, 0) is 24.7 Å². The number of rotatable bonds is 5. The number of aromatic nitrogens is 2. The Morgan fingerprint density at radius 2 is 2.32 bits per heavy atom. The summed E-state index contributed by atoms with van der Waals surface area (Å²) in [5, 5.41) is 7.19. The lowest BCUT2D eigenvalue weighted by atomic mass is 10.0. The normalized spacial score (nSPS) is 17.0. The largest absolute Gasteiger partial charge is 0.355 e. The second kappa shape index (κ2) is 7.01. The summed E-state index contributed by atoms with van der Waals surface area (Å²) in [5.41, 5.74) is 3.72. The standard InChI is InChI=1S/C17H21N3OS/c1-20-12-13(11-19-20)5-4-9-18-17(21)16-15-7-3-2-6-14(15)8-10-22-16/h2-3,6-7,11-12,16H,4-5,8-10H2,1H3,(H,18,21). The van der Waals surface area contributed by atoms with Crippen LogP contribution in [0.5, 0.6) is 0 Å². The Labute approximate surface area is 135 Å². The molecule has 0 aliphatic carbocycles. The van der Waals surface area contributed by atoms with Gasteiger partial charge in [-0.3, -0.25) is 9.48 Å². The van der Waals surface area contributed by atoms with E-state index < -0.39 is 0 Å². The fourth-order valence-corrected chi connectivity index (χ4v) is 4.03. The van der Waals surface area contributed by atoms with Crippen LogP contribution in [0.3, 0.4) is 0 Å². The van der Waals surface area contributed by atoms with E-state index in [1.165, 1.54) is 16.7 Å². The molecule has 0 bridgehead atoms. The molecule has 0 radical (unpaired) electrons. The summed E-state index contributed by atoms with van der Waals surface area (Å²) in [6.45, 7) is 0.715. The molecule has 0 spiro atoms. The molecule has 22 heavy (non-hydrogen) atoms. The van der Waals surface area contributed by atoms with E-state index in [0.29, 0.717) is 6.54 Å². The molecule has 116 valence electrons. The molecule has 1 aromatic heterocycles. The van der Waals surface area contributed by atoms with Crippen molar-refractivity contribution in [3.8, 4) is 0 Å². The number of benzene rings is 1. The minimum atomic E-state index is -0.0525. The third kappa shape index (κ3) is 3.53. The van der Waals surface area contributed by atoms with E-state index in [-0.39, 0.29) is 11.2 Å². The second-order valence-corrected chi connectivity index (χ2v) is 6.83. The summed E-state index contributed by atoms with van der Waals surface area (Å²) in [6.07, 6.45) is 6.86. The van der Waals surface area contributed by atoms with E-state index in [1.54, 1.807) is 11.8 Å². The SMILES string of the molecule is Cn1cc(CCCNC(=O)C2SCCc3ccccc32)cn1. The number of hydrogen-bond acceptors (Lipinski definition) is 3. The minimum Gasteiger partial charge on any atom is -0.355 e. The van der Waals surface area contributed by atoms with Gasteiger partial charge in [-0.1, -0.05) is 24.3 Å². The fourth-order valence-electron chi connectivity index (χ4n) is 2.81. The van der Waals surface area contributed by atoms with Crippen molar-refractivity contribution in [1.29, 1.82) is 0 Å². The third-order valence-corrected chi connectivity index (χ3v) is 5.17. The third-order valence-electron chi connectivity index (χ3n) is 3.93. The van der Waals surface area contributed by atoms with E-state index in [0.717, 1.165) is 25.0 Å². The maximum atomic E-state index is 12.4. The van der Waals surface area contributed by atoms with Crippen LogP contribution in [0, 0.1) is 0 Å². The molecule has 1 N–H and O–H groups in total. The highest BCUT2D eigenvalue weighted by molar-refractivity contribution is 8.00. The topological polar surface area (TPSA) is 46.9 Å². The molecule has 1 amide bonds. The van der Waals surface area contributed by atoms with Crippen molar-refractivity contribution in [2.75, 3.05) is 12.3 Å². The van der Waals surface area contributed by atoms with Gasteiger partial charge in [-0.15, -0.1) is 11.8 Å². The van der Waals surface area contributed by atoms with Gasteiger partial charge < -0.3 is 5.32 Å². The Hall–Kier alpha value is -1.75. The maximum absolute atomic E-state index is 12.4. The predicted octanol–water partition coefficient (Wildman–Crippen LogP) is 2.50. The first kappa shape index (κ1) is 15.2. The van der Waals surface area contributed by atoms with Crippen molar-refractivity contribution in [3.05, 3.63) is 53.3 Å². The molecule has 0 saturated carbocycles. The Morgan fingerprint density at radius 1 is 1.45 bits per heavy atom. The van der Waals surface area contributed by atoms with Crippen LogP contribution in [0.4, 0.5) is 0 Å². The van der Waals surface area contributed by atoms with Crippen molar-refractivity contribution in [1.82, 2.24) is 15.1 Å². The van der Waals surface area contributed by atoms with Crippen molar-refractivity contribution < 1.29 is 4.79 Å². The first-order valence-corrected chi connectivity index (χ1v) is 8.73. The van der Waals surface area contributed by atoms with Crippen molar-refractivity contribution in [3.63, 3.8) is 0 Å². The summed E-state index contributed by atoms with van der Waals surface area (Å²) < 4.78 is 1.81.